The summed E-state index contributed by atoms with van der Waals surface area (Å²) in [6.45, 7) is 3.87. The molecule has 1 aromatic carbocycles. The molecule has 2 aliphatic carbocycles. The number of anilines is 1. The number of rotatable bonds is 7. The number of Topliss-reactive ketones (excluding diaryl/α,β-unsaturated/α-hetero) is 1. The number of ether oxygens (including phenoxy) is 1. The third kappa shape index (κ3) is 5.85. The summed E-state index contributed by atoms with van der Waals surface area (Å²) in [6, 6.07) is 4.37. The first-order valence-electron chi connectivity index (χ1n) is 12.6. The molecule has 2 aliphatic rings. The molecule has 1 aromatic heterocycles. The van der Waals surface area contributed by atoms with Gasteiger partial charge in [0.1, 0.15) is 6.10 Å². The number of alkyl halides is 3. The zero-order valence-corrected chi connectivity index (χ0v) is 21.4. The third-order valence-electron chi connectivity index (χ3n) is 7.01. The molecular weight excluding hydrogens is 503 g/mol. The van der Waals surface area contributed by atoms with Crippen LogP contribution in [0.3, 0.4) is 0 Å². The second-order valence-electron chi connectivity index (χ2n) is 10.8. The SMILES string of the molecule is CC1(C)CC(=O)c2c(C(F)(F)F)nn(-c3ccc(C(N)=O)c(N[C@H]4CC[C@H](OC(=O)CCN)CC4)c3)c2C1. The van der Waals surface area contributed by atoms with E-state index in [2.05, 4.69) is 10.4 Å². The molecule has 1 amide bonds. The number of primary amides is 1. The summed E-state index contributed by atoms with van der Waals surface area (Å²) >= 11 is 0. The number of carbonyl (C=O) groups is 3. The fraction of sp³-hybridized carbons (Fsp3) is 0.538. The summed E-state index contributed by atoms with van der Waals surface area (Å²) in [4.78, 5) is 36.6. The number of benzene rings is 1. The van der Waals surface area contributed by atoms with Gasteiger partial charge in [0.2, 0.25) is 0 Å². The molecule has 206 valence electrons. The molecule has 5 N–H and O–H groups in total. The average molecular weight is 536 g/mol. The highest BCUT2D eigenvalue weighted by Gasteiger charge is 2.45. The highest BCUT2D eigenvalue weighted by molar-refractivity contribution is 6.00. The van der Waals surface area contributed by atoms with E-state index in [1.54, 1.807) is 0 Å². The number of amides is 1. The predicted molar refractivity (Wildman–Crippen MR) is 133 cm³/mol. The lowest BCUT2D eigenvalue weighted by molar-refractivity contribution is -0.150. The van der Waals surface area contributed by atoms with Gasteiger partial charge in [0.05, 0.1) is 28.9 Å². The Morgan fingerprint density at radius 3 is 2.47 bits per heavy atom. The van der Waals surface area contributed by atoms with Gasteiger partial charge in [-0.25, -0.2) is 4.68 Å². The molecule has 0 spiro atoms. The number of fused-ring (bicyclic) bond motifs is 1. The highest BCUT2D eigenvalue weighted by atomic mass is 19.4. The fourth-order valence-corrected chi connectivity index (χ4v) is 5.27. The number of nitrogens with one attached hydrogen (secondary N) is 1. The molecule has 1 heterocycles. The number of aromatic nitrogens is 2. The minimum absolute atomic E-state index is 0.00754. The summed E-state index contributed by atoms with van der Waals surface area (Å²) in [5.41, 5.74) is 9.84. The van der Waals surface area contributed by atoms with E-state index in [-0.39, 0.29) is 60.9 Å². The molecule has 0 unspecified atom stereocenters. The molecule has 1 fully saturated rings. The number of hydrogen-bond donors (Lipinski definition) is 3. The van der Waals surface area contributed by atoms with Crippen molar-refractivity contribution >= 4 is 23.3 Å². The van der Waals surface area contributed by atoms with Crippen molar-refractivity contribution in [2.45, 2.75) is 77.1 Å². The molecule has 0 bridgehead atoms. The Kier molecular flexibility index (Phi) is 7.55. The zero-order valence-electron chi connectivity index (χ0n) is 21.4. The van der Waals surface area contributed by atoms with Gasteiger partial charge in [-0.1, -0.05) is 13.8 Å². The van der Waals surface area contributed by atoms with Crippen LogP contribution in [0.15, 0.2) is 18.2 Å². The van der Waals surface area contributed by atoms with Crippen LogP contribution in [-0.2, 0) is 22.1 Å². The lowest BCUT2D eigenvalue weighted by atomic mass is 9.75. The average Bonchev–Trinajstić information content (AvgIpc) is 3.19. The van der Waals surface area contributed by atoms with E-state index >= 15 is 0 Å². The zero-order chi connectivity index (χ0) is 27.8. The maximum Gasteiger partial charge on any atom is 0.435 e. The minimum Gasteiger partial charge on any atom is -0.462 e. The second-order valence-corrected chi connectivity index (χ2v) is 10.8. The van der Waals surface area contributed by atoms with E-state index in [1.165, 1.54) is 18.2 Å². The van der Waals surface area contributed by atoms with Crippen molar-refractivity contribution in [3.63, 3.8) is 0 Å². The number of nitrogens with two attached hydrogens (primary N) is 2. The molecule has 12 heteroatoms. The molecule has 4 rings (SSSR count). The van der Waals surface area contributed by atoms with E-state index < -0.39 is 34.5 Å². The molecule has 0 saturated heterocycles. The van der Waals surface area contributed by atoms with Crippen molar-refractivity contribution in [2.24, 2.45) is 16.9 Å². The van der Waals surface area contributed by atoms with Gasteiger partial charge in [-0.05, 0) is 55.7 Å². The maximum absolute atomic E-state index is 13.8. The van der Waals surface area contributed by atoms with Gasteiger partial charge in [0, 0.05) is 24.7 Å². The molecule has 0 atom stereocenters. The number of nitrogens with zero attached hydrogens (tertiary/aromatic N) is 2. The van der Waals surface area contributed by atoms with Crippen LogP contribution < -0.4 is 16.8 Å². The monoisotopic (exact) mass is 535 g/mol. The molecule has 1 saturated carbocycles. The number of carbonyl (C=O) groups excluding carboxylic acids is 3. The Morgan fingerprint density at radius 1 is 1.18 bits per heavy atom. The Bertz CT molecular complexity index is 1250. The molecule has 9 nitrogen and oxygen atoms in total. The number of esters is 1. The van der Waals surface area contributed by atoms with Gasteiger partial charge in [0.15, 0.2) is 11.5 Å². The fourth-order valence-electron chi connectivity index (χ4n) is 5.27. The normalized spacial score (nSPS) is 21.1. The summed E-state index contributed by atoms with van der Waals surface area (Å²) in [7, 11) is 0. The van der Waals surface area contributed by atoms with Crippen molar-refractivity contribution < 1.29 is 32.3 Å². The Morgan fingerprint density at radius 2 is 1.87 bits per heavy atom. The summed E-state index contributed by atoms with van der Waals surface area (Å²) < 4.78 is 48.1. The van der Waals surface area contributed by atoms with Gasteiger partial charge in [0.25, 0.3) is 5.91 Å². The molecule has 0 radical (unpaired) electrons. The quantitative estimate of drug-likeness (QED) is 0.458. The summed E-state index contributed by atoms with van der Waals surface area (Å²) in [6.07, 6.45) is -2.14. The first-order chi connectivity index (χ1) is 17.8. The van der Waals surface area contributed by atoms with Gasteiger partial charge in [-0.15, -0.1) is 0 Å². The van der Waals surface area contributed by atoms with Crippen LogP contribution in [0.2, 0.25) is 0 Å². The van der Waals surface area contributed by atoms with Crippen LogP contribution in [-0.4, -0.2) is 46.1 Å². The topological polar surface area (TPSA) is 142 Å². The Labute approximate surface area is 218 Å². The van der Waals surface area contributed by atoms with E-state index in [0.717, 1.165) is 4.68 Å². The standard InChI is InChI=1S/C26H32F3N5O4/c1-25(2)12-19-22(20(35)13-25)23(26(27,28)29)33-34(19)15-5-8-17(24(31)37)18(11-15)32-14-3-6-16(7-4-14)38-21(36)9-10-30/h5,8,11,14,16,32H,3-4,6-7,9-10,12-13,30H2,1-2H3,(H2,31,37)/t14-,16-. The van der Waals surface area contributed by atoms with E-state index in [1.807, 2.05) is 13.8 Å². The van der Waals surface area contributed by atoms with Crippen molar-refractivity contribution in [3.05, 3.63) is 40.7 Å². The lowest BCUT2D eigenvalue weighted by Gasteiger charge is -2.30. The third-order valence-corrected chi connectivity index (χ3v) is 7.01. The maximum atomic E-state index is 13.8. The van der Waals surface area contributed by atoms with Crippen molar-refractivity contribution in [3.8, 4) is 5.69 Å². The first kappa shape index (κ1) is 27.6. The van der Waals surface area contributed by atoms with Gasteiger partial charge in [-0.2, -0.15) is 18.3 Å². The Hall–Kier alpha value is -3.41. The van der Waals surface area contributed by atoms with E-state index in [0.29, 0.717) is 31.4 Å². The molecule has 2 aromatic rings. The van der Waals surface area contributed by atoms with Crippen LogP contribution >= 0.6 is 0 Å². The number of ketones is 1. The Balaban J connectivity index is 1.64. The van der Waals surface area contributed by atoms with Gasteiger partial charge >= 0.3 is 12.1 Å². The van der Waals surface area contributed by atoms with Gasteiger partial charge in [-0.3, -0.25) is 14.4 Å². The minimum atomic E-state index is -4.80. The van der Waals surface area contributed by atoms with Crippen molar-refractivity contribution in [1.29, 1.82) is 0 Å². The number of halogens is 3. The van der Waals surface area contributed by atoms with Crippen molar-refractivity contribution in [1.82, 2.24) is 9.78 Å². The molecular formula is C26H32F3N5O4. The van der Waals surface area contributed by atoms with Crippen molar-refractivity contribution in [2.75, 3.05) is 11.9 Å². The largest absolute Gasteiger partial charge is 0.462 e. The van der Waals surface area contributed by atoms with Gasteiger partial charge < -0.3 is 21.5 Å². The molecule has 0 aliphatic heterocycles. The van der Waals surface area contributed by atoms with Crippen LogP contribution in [0.25, 0.3) is 5.69 Å². The second kappa shape index (κ2) is 10.4. The number of hydrogen-bond acceptors (Lipinski definition) is 7. The smallest absolute Gasteiger partial charge is 0.435 e. The van der Waals surface area contributed by atoms with Crippen LogP contribution in [0.1, 0.15) is 84.5 Å². The van der Waals surface area contributed by atoms with Crippen LogP contribution in [0, 0.1) is 5.41 Å². The summed E-state index contributed by atoms with van der Waals surface area (Å²) in [5, 5.41) is 7.12. The lowest BCUT2D eigenvalue weighted by Crippen LogP contribution is -2.32. The van der Waals surface area contributed by atoms with E-state index in [4.69, 9.17) is 16.2 Å². The van der Waals surface area contributed by atoms with Crippen LogP contribution in [0.4, 0.5) is 18.9 Å². The predicted octanol–water partition coefficient (Wildman–Crippen LogP) is 3.76. The highest BCUT2D eigenvalue weighted by Crippen LogP contribution is 2.42. The summed E-state index contributed by atoms with van der Waals surface area (Å²) in [5.74, 6) is -1.63. The molecule has 38 heavy (non-hydrogen) atoms. The first-order valence-corrected chi connectivity index (χ1v) is 12.6. The van der Waals surface area contributed by atoms with Crippen LogP contribution in [0.5, 0.6) is 0 Å². The van der Waals surface area contributed by atoms with E-state index in [9.17, 15) is 27.6 Å².